The van der Waals surface area contributed by atoms with Gasteiger partial charge in [0.15, 0.2) is 0 Å². The summed E-state index contributed by atoms with van der Waals surface area (Å²) in [5.74, 6) is 2.91. The van der Waals surface area contributed by atoms with Gasteiger partial charge in [0.05, 0.1) is 0 Å². The molecule has 0 spiro atoms. The minimum atomic E-state index is 0.793. The molecule has 0 aliphatic heterocycles. The molecule has 0 aromatic carbocycles. The average Bonchev–Trinajstić information content (AvgIpc) is 2.83. The van der Waals surface area contributed by atoms with Gasteiger partial charge in [0, 0.05) is 6.04 Å². The van der Waals surface area contributed by atoms with Gasteiger partial charge in [-0.25, -0.2) is 0 Å². The first-order chi connectivity index (χ1) is 8.24. The van der Waals surface area contributed by atoms with Crippen molar-refractivity contribution in [1.82, 2.24) is 5.32 Å². The fourth-order valence-corrected chi connectivity index (χ4v) is 3.54. The third kappa shape index (κ3) is 4.62. The largest absolute Gasteiger partial charge is 0.314 e. The van der Waals surface area contributed by atoms with Gasteiger partial charge in [0.2, 0.25) is 0 Å². The summed E-state index contributed by atoms with van der Waals surface area (Å²) in [5.41, 5.74) is 0. The Kier molecular flexibility index (Phi) is 7.18. The van der Waals surface area contributed by atoms with E-state index in [2.05, 4.69) is 33.0 Å². The van der Waals surface area contributed by atoms with Gasteiger partial charge < -0.3 is 5.32 Å². The Morgan fingerprint density at radius 2 is 1.76 bits per heavy atom. The molecular weight excluding hydrogens is 206 g/mol. The van der Waals surface area contributed by atoms with E-state index in [1.807, 2.05) is 0 Å². The van der Waals surface area contributed by atoms with Crippen LogP contribution < -0.4 is 5.32 Å². The van der Waals surface area contributed by atoms with Crippen LogP contribution in [0.2, 0.25) is 0 Å². The van der Waals surface area contributed by atoms with E-state index in [9.17, 15) is 0 Å². The Balaban J connectivity index is 2.47. The molecule has 0 radical (unpaired) electrons. The van der Waals surface area contributed by atoms with Crippen LogP contribution in [0.5, 0.6) is 0 Å². The van der Waals surface area contributed by atoms with Crippen molar-refractivity contribution in [3.05, 3.63) is 0 Å². The summed E-state index contributed by atoms with van der Waals surface area (Å²) < 4.78 is 0. The number of hydrogen-bond acceptors (Lipinski definition) is 1. The fourth-order valence-electron chi connectivity index (χ4n) is 3.54. The molecule has 17 heavy (non-hydrogen) atoms. The van der Waals surface area contributed by atoms with Crippen LogP contribution in [0.1, 0.15) is 72.6 Å². The van der Waals surface area contributed by atoms with Crippen LogP contribution in [-0.4, -0.2) is 12.6 Å². The topological polar surface area (TPSA) is 12.0 Å². The summed E-state index contributed by atoms with van der Waals surface area (Å²) in [4.78, 5) is 0. The molecule has 1 nitrogen and oxygen atoms in total. The third-order valence-electron chi connectivity index (χ3n) is 4.94. The smallest absolute Gasteiger partial charge is 0.00979 e. The van der Waals surface area contributed by atoms with Crippen molar-refractivity contribution in [1.29, 1.82) is 0 Å². The van der Waals surface area contributed by atoms with Gasteiger partial charge in [-0.2, -0.15) is 0 Å². The van der Waals surface area contributed by atoms with Crippen molar-refractivity contribution >= 4 is 0 Å². The summed E-state index contributed by atoms with van der Waals surface area (Å²) in [6.07, 6.45) is 9.92. The van der Waals surface area contributed by atoms with E-state index < -0.39 is 0 Å². The van der Waals surface area contributed by atoms with Gasteiger partial charge in [-0.15, -0.1) is 0 Å². The molecule has 1 rings (SSSR count). The van der Waals surface area contributed by atoms with Gasteiger partial charge in [-0.1, -0.05) is 53.4 Å². The van der Waals surface area contributed by atoms with Gasteiger partial charge >= 0.3 is 0 Å². The number of hydrogen-bond donors (Lipinski definition) is 1. The van der Waals surface area contributed by atoms with Gasteiger partial charge in [0.25, 0.3) is 0 Å². The average molecular weight is 239 g/mol. The van der Waals surface area contributed by atoms with Crippen molar-refractivity contribution in [3.8, 4) is 0 Å². The molecule has 0 aromatic rings. The third-order valence-corrected chi connectivity index (χ3v) is 4.94. The Morgan fingerprint density at radius 3 is 2.24 bits per heavy atom. The van der Waals surface area contributed by atoms with Gasteiger partial charge in [-0.3, -0.25) is 0 Å². The quantitative estimate of drug-likeness (QED) is 0.652. The zero-order valence-corrected chi connectivity index (χ0v) is 12.5. The highest BCUT2D eigenvalue weighted by atomic mass is 14.9. The van der Waals surface area contributed by atoms with E-state index in [1.165, 1.54) is 44.9 Å². The van der Waals surface area contributed by atoms with Crippen molar-refractivity contribution in [2.24, 2.45) is 17.8 Å². The molecule has 102 valence electrons. The lowest BCUT2D eigenvalue weighted by atomic mass is 9.86. The molecule has 1 aliphatic rings. The minimum absolute atomic E-state index is 0.793. The molecule has 1 saturated carbocycles. The second-order valence-electron chi connectivity index (χ2n) is 5.93. The van der Waals surface area contributed by atoms with Crippen LogP contribution in [0.15, 0.2) is 0 Å². The van der Waals surface area contributed by atoms with Crippen molar-refractivity contribution in [2.75, 3.05) is 6.54 Å². The summed E-state index contributed by atoms with van der Waals surface area (Å²) in [6.45, 7) is 10.4. The lowest BCUT2D eigenvalue weighted by Gasteiger charge is -2.28. The van der Waals surface area contributed by atoms with Crippen LogP contribution in [0.3, 0.4) is 0 Å². The predicted octanol–water partition coefficient (Wildman–Crippen LogP) is 4.62. The van der Waals surface area contributed by atoms with Crippen molar-refractivity contribution in [3.63, 3.8) is 0 Å². The van der Waals surface area contributed by atoms with Crippen molar-refractivity contribution < 1.29 is 0 Å². The highest BCUT2D eigenvalue weighted by Crippen LogP contribution is 2.37. The van der Waals surface area contributed by atoms with Crippen LogP contribution in [0.4, 0.5) is 0 Å². The molecule has 0 heterocycles. The molecular formula is C16H33N. The SMILES string of the molecule is CCNC(CC(CC)CC)C1CCC(CC)C1. The zero-order chi connectivity index (χ0) is 12.7. The lowest BCUT2D eigenvalue weighted by molar-refractivity contribution is 0.282. The van der Waals surface area contributed by atoms with Gasteiger partial charge in [0.1, 0.15) is 0 Å². The summed E-state index contributed by atoms with van der Waals surface area (Å²) in [5, 5.41) is 3.77. The summed E-state index contributed by atoms with van der Waals surface area (Å²) in [7, 11) is 0. The van der Waals surface area contributed by atoms with Crippen LogP contribution in [0, 0.1) is 17.8 Å². The first-order valence-corrected chi connectivity index (χ1v) is 7.98. The standard InChI is InChI=1S/C16H33N/c1-5-13(6-2)12-16(17-8-4)15-10-9-14(7-3)11-15/h13-17H,5-12H2,1-4H3. The maximum Gasteiger partial charge on any atom is 0.00979 e. The van der Waals surface area contributed by atoms with E-state index >= 15 is 0 Å². The molecule has 0 amide bonds. The minimum Gasteiger partial charge on any atom is -0.314 e. The summed E-state index contributed by atoms with van der Waals surface area (Å²) in [6, 6.07) is 0.793. The fraction of sp³-hybridized carbons (Fsp3) is 1.00. The second kappa shape index (κ2) is 8.13. The molecule has 1 N–H and O–H groups in total. The maximum atomic E-state index is 3.77. The van der Waals surface area contributed by atoms with Crippen LogP contribution in [-0.2, 0) is 0 Å². The molecule has 1 fully saturated rings. The first kappa shape index (κ1) is 15.0. The van der Waals surface area contributed by atoms with Crippen LogP contribution in [0.25, 0.3) is 0 Å². The molecule has 3 unspecified atom stereocenters. The highest BCUT2D eigenvalue weighted by Gasteiger charge is 2.30. The first-order valence-electron chi connectivity index (χ1n) is 7.98. The Morgan fingerprint density at radius 1 is 1.06 bits per heavy atom. The Hall–Kier alpha value is -0.0400. The maximum absolute atomic E-state index is 3.77. The zero-order valence-electron chi connectivity index (χ0n) is 12.5. The van der Waals surface area contributed by atoms with E-state index in [1.54, 1.807) is 0 Å². The van der Waals surface area contributed by atoms with E-state index in [0.29, 0.717) is 0 Å². The monoisotopic (exact) mass is 239 g/mol. The Bertz CT molecular complexity index is 186. The highest BCUT2D eigenvalue weighted by molar-refractivity contribution is 4.85. The number of nitrogens with one attached hydrogen (secondary N) is 1. The second-order valence-corrected chi connectivity index (χ2v) is 5.93. The van der Waals surface area contributed by atoms with Gasteiger partial charge in [-0.05, 0) is 43.6 Å². The Labute approximate surface area is 109 Å². The van der Waals surface area contributed by atoms with E-state index in [0.717, 1.165) is 30.3 Å². The summed E-state index contributed by atoms with van der Waals surface area (Å²) >= 11 is 0. The normalized spacial score (nSPS) is 26.6. The molecule has 1 aliphatic carbocycles. The molecule has 0 aromatic heterocycles. The van der Waals surface area contributed by atoms with Crippen LogP contribution >= 0.6 is 0 Å². The lowest BCUT2D eigenvalue weighted by Crippen LogP contribution is -2.36. The van der Waals surface area contributed by atoms with E-state index in [-0.39, 0.29) is 0 Å². The molecule has 0 bridgehead atoms. The van der Waals surface area contributed by atoms with E-state index in [4.69, 9.17) is 0 Å². The molecule has 0 saturated heterocycles. The molecule has 3 atom stereocenters. The number of rotatable bonds is 8. The predicted molar refractivity (Wildman–Crippen MR) is 77.3 cm³/mol. The van der Waals surface area contributed by atoms with Crippen molar-refractivity contribution in [2.45, 2.75) is 78.7 Å². The molecule has 1 heteroatoms.